The van der Waals surface area contributed by atoms with E-state index in [9.17, 15) is 0 Å². The van der Waals surface area contributed by atoms with E-state index in [-0.39, 0.29) is 6.17 Å². The summed E-state index contributed by atoms with van der Waals surface area (Å²) in [5, 5.41) is 0. The van der Waals surface area contributed by atoms with Crippen LogP contribution in [0.15, 0.2) is 72.0 Å². The fourth-order valence-electron chi connectivity index (χ4n) is 2.36. The average molecular weight is 302 g/mol. The van der Waals surface area contributed by atoms with Crippen molar-refractivity contribution in [1.82, 2.24) is 25.8 Å². The summed E-state index contributed by atoms with van der Waals surface area (Å²) in [5.74, 6) is 0.693. The van der Waals surface area contributed by atoms with Crippen molar-refractivity contribution in [2.45, 2.75) is 6.17 Å². The van der Waals surface area contributed by atoms with Crippen LogP contribution in [-0.2, 0) is 0 Å². The minimum absolute atomic E-state index is 0.216. The SMILES string of the molecule is c1ccc(-c2cccc(C3=NC(c4ccccn4)NN3)n2)nc1. The monoisotopic (exact) mass is 302 g/mol. The molecule has 0 spiro atoms. The zero-order valence-electron chi connectivity index (χ0n) is 12.2. The van der Waals surface area contributed by atoms with Gasteiger partial charge in [0, 0.05) is 12.4 Å². The van der Waals surface area contributed by atoms with Crippen LogP contribution >= 0.6 is 0 Å². The molecule has 6 heteroatoms. The number of nitrogens with one attached hydrogen (secondary N) is 2. The summed E-state index contributed by atoms with van der Waals surface area (Å²) in [5.41, 5.74) is 9.46. The number of aromatic nitrogens is 3. The second-order valence-corrected chi connectivity index (χ2v) is 5.03. The molecule has 1 aliphatic rings. The zero-order chi connectivity index (χ0) is 15.5. The molecule has 6 nitrogen and oxygen atoms in total. The normalized spacial score (nSPS) is 16.7. The lowest BCUT2D eigenvalue weighted by atomic mass is 10.2. The molecule has 1 atom stereocenters. The molecule has 1 aliphatic heterocycles. The Balaban J connectivity index is 1.64. The van der Waals surface area contributed by atoms with Gasteiger partial charge in [-0.05, 0) is 36.4 Å². The van der Waals surface area contributed by atoms with Gasteiger partial charge in [0.05, 0.1) is 17.1 Å². The van der Waals surface area contributed by atoms with Crippen molar-refractivity contribution in [2.75, 3.05) is 0 Å². The van der Waals surface area contributed by atoms with Gasteiger partial charge in [-0.15, -0.1) is 0 Å². The Morgan fingerprint density at radius 2 is 1.52 bits per heavy atom. The second-order valence-electron chi connectivity index (χ2n) is 5.03. The summed E-state index contributed by atoms with van der Waals surface area (Å²) in [4.78, 5) is 17.9. The van der Waals surface area contributed by atoms with Gasteiger partial charge in [0.15, 0.2) is 12.0 Å². The molecule has 4 rings (SSSR count). The lowest BCUT2D eigenvalue weighted by molar-refractivity contribution is 0.561. The fourth-order valence-corrected chi connectivity index (χ4v) is 2.36. The summed E-state index contributed by atoms with van der Waals surface area (Å²) in [6, 6.07) is 17.3. The summed E-state index contributed by atoms with van der Waals surface area (Å²) >= 11 is 0. The van der Waals surface area contributed by atoms with Crippen molar-refractivity contribution in [1.29, 1.82) is 0 Å². The quantitative estimate of drug-likeness (QED) is 0.775. The van der Waals surface area contributed by atoms with Crippen LogP contribution in [0.4, 0.5) is 0 Å². The summed E-state index contributed by atoms with van der Waals surface area (Å²) in [6.45, 7) is 0. The highest BCUT2D eigenvalue weighted by molar-refractivity contribution is 5.98. The molecule has 3 aromatic rings. The van der Waals surface area contributed by atoms with Gasteiger partial charge < -0.3 is 5.43 Å². The Morgan fingerprint density at radius 1 is 0.739 bits per heavy atom. The van der Waals surface area contributed by atoms with Gasteiger partial charge >= 0.3 is 0 Å². The molecule has 0 fully saturated rings. The predicted octanol–water partition coefficient (Wildman–Crippen LogP) is 2.09. The third kappa shape index (κ3) is 2.79. The number of aliphatic imine (C=N–C) groups is 1. The molecule has 0 saturated heterocycles. The topological polar surface area (TPSA) is 75.1 Å². The molecule has 3 aromatic heterocycles. The summed E-state index contributed by atoms with van der Waals surface area (Å²) < 4.78 is 0. The molecular weight excluding hydrogens is 288 g/mol. The van der Waals surface area contributed by atoms with Gasteiger partial charge in [0.25, 0.3) is 0 Å². The first kappa shape index (κ1) is 13.5. The molecule has 23 heavy (non-hydrogen) atoms. The molecule has 0 saturated carbocycles. The lowest BCUT2D eigenvalue weighted by Gasteiger charge is -2.05. The van der Waals surface area contributed by atoms with Gasteiger partial charge in [-0.3, -0.25) is 9.97 Å². The molecule has 0 aliphatic carbocycles. The number of hydrazine groups is 1. The molecule has 1 unspecified atom stereocenters. The van der Waals surface area contributed by atoms with Crippen molar-refractivity contribution >= 4 is 5.84 Å². The number of rotatable bonds is 3. The molecule has 0 amide bonds. The van der Waals surface area contributed by atoms with E-state index in [1.807, 2.05) is 54.6 Å². The van der Waals surface area contributed by atoms with Crippen LogP contribution in [0.5, 0.6) is 0 Å². The van der Waals surface area contributed by atoms with Gasteiger partial charge in [0.2, 0.25) is 0 Å². The van der Waals surface area contributed by atoms with Crippen LogP contribution in [0.25, 0.3) is 11.4 Å². The highest BCUT2D eigenvalue weighted by Gasteiger charge is 2.20. The highest BCUT2D eigenvalue weighted by atomic mass is 15.5. The number of hydrogen-bond acceptors (Lipinski definition) is 6. The van der Waals surface area contributed by atoms with E-state index >= 15 is 0 Å². The smallest absolute Gasteiger partial charge is 0.163 e. The van der Waals surface area contributed by atoms with Gasteiger partial charge in [-0.25, -0.2) is 15.4 Å². The third-order valence-corrected chi connectivity index (χ3v) is 3.47. The number of nitrogens with zero attached hydrogens (tertiary/aromatic N) is 4. The standard InChI is InChI=1S/C17H14N6/c1-3-10-18-12(6-1)13-8-5-9-15(20-13)17-21-16(22-23-17)14-7-2-4-11-19-14/h1-11,16,22H,(H,21,23). The van der Waals surface area contributed by atoms with E-state index in [0.717, 1.165) is 22.8 Å². The van der Waals surface area contributed by atoms with E-state index in [4.69, 9.17) is 0 Å². The molecule has 0 radical (unpaired) electrons. The Labute approximate surface area is 133 Å². The van der Waals surface area contributed by atoms with Gasteiger partial charge in [-0.2, -0.15) is 0 Å². The van der Waals surface area contributed by atoms with E-state index < -0.39 is 0 Å². The fraction of sp³-hybridized carbons (Fsp3) is 0.0588. The van der Waals surface area contributed by atoms with Crippen molar-refractivity contribution in [3.8, 4) is 11.4 Å². The summed E-state index contributed by atoms with van der Waals surface area (Å²) in [6.07, 6.45) is 3.30. The van der Waals surface area contributed by atoms with Gasteiger partial charge in [-0.1, -0.05) is 18.2 Å². The zero-order valence-corrected chi connectivity index (χ0v) is 12.2. The Bertz CT molecular complexity index is 832. The maximum atomic E-state index is 4.64. The van der Waals surface area contributed by atoms with Crippen molar-refractivity contribution in [3.63, 3.8) is 0 Å². The van der Waals surface area contributed by atoms with Crippen molar-refractivity contribution in [3.05, 3.63) is 78.4 Å². The molecular formula is C17H14N6. The van der Waals surface area contributed by atoms with E-state index in [1.54, 1.807) is 12.4 Å². The van der Waals surface area contributed by atoms with Gasteiger partial charge in [0.1, 0.15) is 5.69 Å². The average Bonchev–Trinajstić information content (AvgIpc) is 3.14. The van der Waals surface area contributed by atoms with Crippen LogP contribution in [0.1, 0.15) is 17.6 Å². The minimum atomic E-state index is -0.216. The van der Waals surface area contributed by atoms with E-state index in [0.29, 0.717) is 5.84 Å². The first-order chi connectivity index (χ1) is 11.4. The molecule has 4 heterocycles. The Kier molecular flexibility index (Phi) is 3.50. The number of amidine groups is 1. The Morgan fingerprint density at radius 3 is 2.30 bits per heavy atom. The maximum absolute atomic E-state index is 4.64. The van der Waals surface area contributed by atoms with Crippen LogP contribution < -0.4 is 10.9 Å². The lowest BCUT2D eigenvalue weighted by Crippen LogP contribution is -2.32. The summed E-state index contributed by atoms with van der Waals surface area (Å²) in [7, 11) is 0. The molecule has 112 valence electrons. The largest absolute Gasteiger partial charge is 0.302 e. The minimum Gasteiger partial charge on any atom is -0.302 e. The first-order valence-electron chi connectivity index (χ1n) is 7.29. The number of hydrogen-bond donors (Lipinski definition) is 2. The van der Waals surface area contributed by atoms with Crippen LogP contribution in [-0.4, -0.2) is 20.8 Å². The van der Waals surface area contributed by atoms with Crippen LogP contribution in [0, 0.1) is 0 Å². The van der Waals surface area contributed by atoms with Crippen molar-refractivity contribution in [2.24, 2.45) is 4.99 Å². The first-order valence-corrected chi connectivity index (χ1v) is 7.29. The second kappa shape index (κ2) is 5.94. The van der Waals surface area contributed by atoms with Crippen LogP contribution in [0.2, 0.25) is 0 Å². The van der Waals surface area contributed by atoms with E-state index in [2.05, 4.69) is 30.8 Å². The van der Waals surface area contributed by atoms with Crippen LogP contribution in [0.3, 0.4) is 0 Å². The molecule has 0 bridgehead atoms. The Hall–Kier alpha value is -3.12. The number of pyridine rings is 3. The predicted molar refractivity (Wildman–Crippen MR) is 87.3 cm³/mol. The van der Waals surface area contributed by atoms with Crippen molar-refractivity contribution < 1.29 is 0 Å². The molecule has 0 aromatic carbocycles. The highest BCUT2D eigenvalue weighted by Crippen LogP contribution is 2.18. The molecule has 2 N–H and O–H groups in total. The maximum Gasteiger partial charge on any atom is 0.163 e. The third-order valence-electron chi connectivity index (χ3n) is 3.47. The van der Waals surface area contributed by atoms with E-state index in [1.165, 1.54) is 0 Å².